The van der Waals surface area contributed by atoms with Crippen molar-refractivity contribution >= 4 is 6.29 Å². The fraction of sp³-hybridized carbons (Fsp3) is 0.667. The molecule has 0 aromatic heterocycles. The number of allylic oxidation sites excluding steroid dienone is 1. The second-order valence-corrected chi connectivity index (χ2v) is 2.51. The van der Waals surface area contributed by atoms with Gasteiger partial charge in [-0.1, -0.05) is 6.08 Å². The highest BCUT2D eigenvalue weighted by Crippen LogP contribution is 1.97. The van der Waals surface area contributed by atoms with E-state index in [0.717, 1.165) is 25.7 Å². The van der Waals surface area contributed by atoms with Gasteiger partial charge < -0.3 is 9.53 Å². The summed E-state index contributed by atoms with van der Waals surface area (Å²) in [5.41, 5.74) is 0. The predicted octanol–water partition coefficient (Wildman–Crippen LogP) is 1.95. The van der Waals surface area contributed by atoms with Gasteiger partial charge in [0.25, 0.3) is 0 Å². The lowest BCUT2D eigenvalue weighted by atomic mass is 10.3. The summed E-state index contributed by atoms with van der Waals surface area (Å²) in [5.74, 6) is 0. The van der Waals surface area contributed by atoms with Gasteiger partial charge in [0.05, 0.1) is 6.10 Å². The summed E-state index contributed by atoms with van der Waals surface area (Å²) in [5, 5.41) is 0. The Morgan fingerprint density at radius 1 is 1.64 bits per heavy atom. The average Bonchev–Trinajstić information content (AvgIpc) is 1.99. The minimum Gasteiger partial charge on any atom is -0.378 e. The number of rotatable bonds is 7. The first-order chi connectivity index (χ1) is 5.31. The van der Waals surface area contributed by atoms with Crippen LogP contribution in [0.4, 0.5) is 0 Å². The molecule has 0 aliphatic heterocycles. The Kier molecular flexibility index (Phi) is 7.05. The number of unbranched alkanes of at least 4 members (excludes halogenated alkanes) is 1. The van der Waals surface area contributed by atoms with Gasteiger partial charge in [0.15, 0.2) is 0 Å². The third kappa shape index (κ3) is 7.26. The Morgan fingerprint density at radius 3 is 2.91 bits per heavy atom. The number of hydrogen-bond donors (Lipinski definition) is 0. The van der Waals surface area contributed by atoms with Crippen molar-refractivity contribution in [1.29, 1.82) is 0 Å². The molecule has 1 atom stereocenters. The largest absolute Gasteiger partial charge is 0.378 e. The molecular weight excluding hydrogens is 140 g/mol. The van der Waals surface area contributed by atoms with E-state index < -0.39 is 0 Å². The Hall–Kier alpha value is -0.630. The molecule has 0 heterocycles. The molecule has 0 radical (unpaired) electrons. The van der Waals surface area contributed by atoms with E-state index in [4.69, 9.17) is 4.74 Å². The average molecular weight is 156 g/mol. The number of aldehydes is 1. The second-order valence-electron chi connectivity index (χ2n) is 2.51. The van der Waals surface area contributed by atoms with E-state index in [9.17, 15) is 4.79 Å². The maximum Gasteiger partial charge on any atom is 0.122 e. The number of carbonyl (C=O) groups is 1. The molecule has 2 heteroatoms. The van der Waals surface area contributed by atoms with E-state index in [1.54, 1.807) is 0 Å². The van der Waals surface area contributed by atoms with Gasteiger partial charge in [0, 0.05) is 13.0 Å². The van der Waals surface area contributed by atoms with E-state index in [0.29, 0.717) is 6.42 Å². The normalized spacial score (nSPS) is 12.5. The van der Waals surface area contributed by atoms with Crippen LogP contribution in [-0.2, 0) is 9.53 Å². The van der Waals surface area contributed by atoms with E-state index >= 15 is 0 Å². The summed E-state index contributed by atoms with van der Waals surface area (Å²) < 4.78 is 5.31. The molecule has 0 aromatic carbocycles. The SMILES string of the molecule is C=CCCCOC(C)CC=O. The maximum absolute atomic E-state index is 10.0. The Balaban J connectivity index is 3.09. The Labute approximate surface area is 68.2 Å². The van der Waals surface area contributed by atoms with Crippen molar-refractivity contribution < 1.29 is 9.53 Å². The minimum absolute atomic E-state index is 0.0670. The zero-order valence-electron chi connectivity index (χ0n) is 7.08. The van der Waals surface area contributed by atoms with Crippen LogP contribution in [0, 0.1) is 0 Å². The fourth-order valence-electron chi connectivity index (χ4n) is 0.716. The van der Waals surface area contributed by atoms with Crippen molar-refractivity contribution in [2.45, 2.75) is 32.3 Å². The topological polar surface area (TPSA) is 26.3 Å². The molecule has 0 aromatic rings. The number of carbonyl (C=O) groups excluding carboxylic acids is 1. The van der Waals surface area contributed by atoms with Gasteiger partial charge in [0.2, 0.25) is 0 Å². The van der Waals surface area contributed by atoms with Crippen LogP contribution in [0.3, 0.4) is 0 Å². The Bertz CT molecular complexity index is 110. The predicted molar refractivity (Wildman–Crippen MR) is 45.5 cm³/mol. The van der Waals surface area contributed by atoms with Crippen LogP contribution in [0.15, 0.2) is 12.7 Å². The zero-order chi connectivity index (χ0) is 8.53. The van der Waals surface area contributed by atoms with Crippen LogP contribution in [0.5, 0.6) is 0 Å². The standard InChI is InChI=1S/C9H16O2/c1-3-4-5-8-11-9(2)6-7-10/h3,7,9H,1,4-6,8H2,2H3. The monoisotopic (exact) mass is 156 g/mol. The highest BCUT2D eigenvalue weighted by Gasteiger charge is 1.98. The molecule has 0 rings (SSSR count). The van der Waals surface area contributed by atoms with Crippen molar-refractivity contribution in [2.24, 2.45) is 0 Å². The van der Waals surface area contributed by atoms with Gasteiger partial charge in [-0.2, -0.15) is 0 Å². The molecule has 0 spiro atoms. The molecule has 2 nitrogen and oxygen atoms in total. The van der Waals surface area contributed by atoms with Crippen LogP contribution in [0.25, 0.3) is 0 Å². The molecule has 0 aliphatic carbocycles. The lowest BCUT2D eigenvalue weighted by molar-refractivity contribution is -0.110. The smallest absolute Gasteiger partial charge is 0.122 e. The van der Waals surface area contributed by atoms with E-state index in [2.05, 4.69) is 6.58 Å². The molecule has 0 N–H and O–H groups in total. The highest BCUT2D eigenvalue weighted by molar-refractivity contribution is 5.49. The van der Waals surface area contributed by atoms with Crippen LogP contribution < -0.4 is 0 Å². The first kappa shape index (κ1) is 10.4. The molecule has 0 aliphatic rings. The second kappa shape index (κ2) is 7.48. The summed E-state index contributed by atoms with van der Waals surface area (Å²) in [7, 11) is 0. The van der Waals surface area contributed by atoms with E-state index in [-0.39, 0.29) is 6.10 Å². The molecule has 0 saturated heterocycles. The van der Waals surface area contributed by atoms with Crippen molar-refractivity contribution in [3.05, 3.63) is 12.7 Å². The summed E-state index contributed by atoms with van der Waals surface area (Å²) >= 11 is 0. The molecule has 0 fully saturated rings. The van der Waals surface area contributed by atoms with Gasteiger partial charge >= 0.3 is 0 Å². The van der Waals surface area contributed by atoms with E-state index in [1.165, 1.54) is 0 Å². The first-order valence-corrected chi connectivity index (χ1v) is 3.97. The molecule has 1 unspecified atom stereocenters. The minimum atomic E-state index is 0.0670. The number of ether oxygens (including phenoxy) is 1. The lowest BCUT2D eigenvalue weighted by Crippen LogP contribution is -2.09. The van der Waals surface area contributed by atoms with Crippen molar-refractivity contribution in [1.82, 2.24) is 0 Å². The highest BCUT2D eigenvalue weighted by atomic mass is 16.5. The van der Waals surface area contributed by atoms with Crippen LogP contribution in [0.1, 0.15) is 26.2 Å². The number of hydrogen-bond acceptors (Lipinski definition) is 2. The van der Waals surface area contributed by atoms with Crippen LogP contribution in [-0.4, -0.2) is 19.0 Å². The summed E-state index contributed by atoms with van der Waals surface area (Å²) in [4.78, 5) is 10.0. The molecule has 0 saturated carbocycles. The maximum atomic E-state index is 10.0. The third-order valence-corrected chi connectivity index (χ3v) is 1.38. The van der Waals surface area contributed by atoms with Crippen molar-refractivity contribution in [2.75, 3.05) is 6.61 Å². The molecule has 0 amide bonds. The lowest BCUT2D eigenvalue weighted by Gasteiger charge is -2.08. The van der Waals surface area contributed by atoms with Gasteiger partial charge in [-0.15, -0.1) is 6.58 Å². The summed E-state index contributed by atoms with van der Waals surface area (Å²) in [6.07, 6.45) is 5.29. The van der Waals surface area contributed by atoms with Gasteiger partial charge in [-0.25, -0.2) is 0 Å². The van der Waals surface area contributed by atoms with Crippen LogP contribution >= 0.6 is 0 Å². The Morgan fingerprint density at radius 2 is 2.36 bits per heavy atom. The quantitative estimate of drug-likeness (QED) is 0.320. The third-order valence-electron chi connectivity index (χ3n) is 1.38. The molecule has 11 heavy (non-hydrogen) atoms. The molecule has 64 valence electrons. The van der Waals surface area contributed by atoms with Crippen molar-refractivity contribution in [3.8, 4) is 0 Å². The first-order valence-electron chi connectivity index (χ1n) is 3.97. The molecule has 0 bridgehead atoms. The summed E-state index contributed by atoms with van der Waals surface area (Å²) in [6.45, 7) is 6.23. The van der Waals surface area contributed by atoms with E-state index in [1.807, 2.05) is 13.0 Å². The summed E-state index contributed by atoms with van der Waals surface area (Å²) in [6, 6.07) is 0. The fourth-order valence-corrected chi connectivity index (χ4v) is 0.716. The van der Waals surface area contributed by atoms with Crippen molar-refractivity contribution in [3.63, 3.8) is 0 Å². The van der Waals surface area contributed by atoms with Crippen LogP contribution in [0.2, 0.25) is 0 Å². The van der Waals surface area contributed by atoms with Gasteiger partial charge in [-0.05, 0) is 19.8 Å². The van der Waals surface area contributed by atoms with Gasteiger partial charge in [-0.3, -0.25) is 0 Å². The molecular formula is C9H16O2. The van der Waals surface area contributed by atoms with Gasteiger partial charge in [0.1, 0.15) is 6.29 Å². The zero-order valence-corrected chi connectivity index (χ0v) is 7.08.